The fraction of sp³-hybridized carbons (Fsp3) is 0.925. The lowest BCUT2D eigenvalue weighted by Crippen LogP contribution is -3.00. The molecule has 0 radical (unpaired) electrons. The number of carbonyl (C=O) groups excluding carboxylic acids is 3. The number of hydrogen-bond acceptors (Lipinski definition) is 6. The van der Waals surface area contributed by atoms with Gasteiger partial charge in [-0.05, 0) is 12.8 Å². The molecule has 0 aromatic heterocycles. The molecule has 0 aromatic rings. The van der Waals surface area contributed by atoms with Crippen molar-refractivity contribution in [3.05, 3.63) is 0 Å². The van der Waals surface area contributed by atoms with Gasteiger partial charge in [-0.15, -0.1) is 0 Å². The summed E-state index contributed by atoms with van der Waals surface area (Å²) < 4.78 is 11.6. The van der Waals surface area contributed by atoms with Crippen LogP contribution in [0.15, 0.2) is 0 Å². The van der Waals surface area contributed by atoms with E-state index in [9.17, 15) is 19.5 Å². The van der Waals surface area contributed by atoms with Crippen molar-refractivity contribution in [1.82, 2.24) is 4.90 Å². The van der Waals surface area contributed by atoms with Crippen LogP contribution in [0.2, 0.25) is 0 Å². The Kier molecular flexibility index (Phi) is 37.3. The van der Waals surface area contributed by atoms with E-state index in [4.69, 9.17) is 9.47 Å². The summed E-state index contributed by atoms with van der Waals surface area (Å²) in [7, 11) is 4.09. The molecule has 9 heteroatoms. The van der Waals surface area contributed by atoms with E-state index in [1.54, 1.807) is 4.90 Å². The van der Waals surface area contributed by atoms with Gasteiger partial charge in [-0.3, -0.25) is 14.4 Å². The van der Waals surface area contributed by atoms with Crippen molar-refractivity contribution < 1.29 is 50.4 Å². The fourth-order valence-electron chi connectivity index (χ4n) is 6.11. The molecule has 0 rings (SSSR count). The maximum absolute atomic E-state index is 13.1. The Morgan fingerprint density at radius 1 is 0.510 bits per heavy atom. The number of unbranched alkanes of at least 4 members (excludes halogenated alkanes) is 20. The van der Waals surface area contributed by atoms with Crippen LogP contribution in [0.1, 0.15) is 181 Å². The molecule has 0 saturated heterocycles. The van der Waals surface area contributed by atoms with Crippen LogP contribution in [0, 0.1) is 0 Å². The van der Waals surface area contributed by atoms with Crippen molar-refractivity contribution >= 4 is 17.8 Å². The third kappa shape index (κ3) is 35.0. The van der Waals surface area contributed by atoms with Gasteiger partial charge in [0.25, 0.3) is 0 Å². The standard InChI is InChI=1S/C40H79N2O6.BrH/c1-5-7-9-11-13-15-17-19-21-23-25-29-39(45)47-36-31-41(38(44)28-27-33-42(3,4)34-35-43)32-37-48-40(46)30-26-24-22-20-18-16-14-12-10-8-6-2;/h43H,5-37H2,1-4H3;1H/q+1;/p-1. The largest absolute Gasteiger partial charge is 1.00 e. The third-order valence-electron chi connectivity index (χ3n) is 9.43. The van der Waals surface area contributed by atoms with Crippen molar-refractivity contribution in [2.75, 3.05) is 60.1 Å². The Morgan fingerprint density at radius 3 is 1.20 bits per heavy atom. The lowest BCUT2D eigenvalue weighted by Gasteiger charge is -2.29. The molecule has 0 aromatic carbocycles. The lowest BCUT2D eigenvalue weighted by atomic mass is 10.1. The third-order valence-corrected chi connectivity index (χ3v) is 9.43. The molecular formula is C40H79BrN2O6. The number of ether oxygens (including phenoxy) is 2. The van der Waals surface area contributed by atoms with Crippen molar-refractivity contribution in [3.63, 3.8) is 0 Å². The number of likely N-dealkylation sites (N-methyl/N-ethyl adjacent to an activating group) is 1. The van der Waals surface area contributed by atoms with Crippen LogP contribution in [0.25, 0.3) is 0 Å². The van der Waals surface area contributed by atoms with E-state index in [0.29, 0.717) is 49.8 Å². The lowest BCUT2D eigenvalue weighted by molar-refractivity contribution is -0.890. The Morgan fingerprint density at radius 2 is 0.857 bits per heavy atom. The van der Waals surface area contributed by atoms with Crippen LogP contribution in [-0.4, -0.2) is 92.4 Å². The summed E-state index contributed by atoms with van der Waals surface area (Å²) in [5, 5.41) is 9.29. The van der Waals surface area contributed by atoms with Gasteiger partial charge in [0.2, 0.25) is 5.91 Å². The van der Waals surface area contributed by atoms with Crippen molar-refractivity contribution in [1.29, 1.82) is 0 Å². The maximum Gasteiger partial charge on any atom is 0.305 e. The molecule has 1 amide bonds. The smallest absolute Gasteiger partial charge is 0.305 e. The van der Waals surface area contributed by atoms with Crippen LogP contribution in [-0.2, 0) is 23.9 Å². The van der Waals surface area contributed by atoms with Gasteiger partial charge in [-0.2, -0.15) is 0 Å². The topological polar surface area (TPSA) is 93.1 Å². The van der Waals surface area contributed by atoms with Crippen molar-refractivity contribution in [3.8, 4) is 0 Å². The monoisotopic (exact) mass is 763 g/mol. The summed E-state index contributed by atoms with van der Waals surface area (Å²) in [5.41, 5.74) is 0. The number of carbonyl (C=O) groups is 3. The Balaban J connectivity index is 0. The average Bonchev–Trinajstić information content (AvgIpc) is 3.05. The fourth-order valence-corrected chi connectivity index (χ4v) is 6.11. The van der Waals surface area contributed by atoms with Crippen LogP contribution >= 0.6 is 0 Å². The van der Waals surface area contributed by atoms with Crippen molar-refractivity contribution in [2.24, 2.45) is 0 Å². The number of hydrogen-bond donors (Lipinski definition) is 1. The minimum Gasteiger partial charge on any atom is -1.00 e. The predicted octanol–water partition coefficient (Wildman–Crippen LogP) is 6.16. The number of amides is 1. The molecule has 0 aliphatic carbocycles. The van der Waals surface area contributed by atoms with E-state index in [-0.39, 0.29) is 54.6 Å². The number of aliphatic hydroxyl groups excluding tert-OH is 1. The second kappa shape index (κ2) is 36.6. The van der Waals surface area contributed by atoms with Gasteiger partial charge < -0.3 is 40.9 Å². The Bertz CT molecular complexity index is 723. The molecule has 0 bridgehead atoms. The van der Waals surface area contributed by atoms with Gasteiger partial charge in [-0.25, -0.2) is 0 Å². The molecule has 0 saturated carbocycles. The van der Waals surface area contributed by atoms with Gasteiger partial charge >= 0.3 is 11.9 Å². The zero-order chi connectivity index (χ0) is 35.6. The molecule has 0 aliphatic rings. The Hall–Kier alpha value is -1.19. The van der Waals surface area contributed by atoms with Crippen LogP contribution in [0.5, 0.6) is 0 Å². The molecule has 0 unspecified atom stereocenters. The first-order valence-electron chi connectivity index (χ1n) is 20.3. The summed E-state index contributed by atoms with van der Waals surface area (Å²) in [6, 6.07) is 0. The normalized spacial score (nSPS) is 11.3. The van der Waals surface area contributed by atoms with E-state index in [1.807, 2.05) is 14.1 Å². The number of halogens is 1. The first kappa shape index (κ1) is 49.9. The maximum atomic E-state index is 13.1. The average molecular weight is 764 g/mol. The first-order chi connectivity index (χ1) is 23.3. The number of rotatable bonds is 36. The number of quaternary nitrogens is 1. The molecule has 8 nitrogen and oxygen atoms in total. The van der Waals surface area contributed by atoms with E-state index in [2.05, 4.69) is 13.8 Å². The minimum absolute atomic E-state index is 0. The number of esters is 2. The summed E-state index contributed by atoms with van der Waals surface area (Å²) in [4.78, 5) is 39.4. The number of nitrogens with zero attached hydrogens (tertiary/aromatic N) is 2. The minimum atomic E-state index is -0.209. The first-order valence-corrected chi connectivity index (χ1v) is 20.3. The highest BCUT2D eigenvalue weighted by molar-refractivity contribution is 5.76. The summed E-state index contributed by atoms with van der Waals surface area (Å²) >= 11 is 0. The van der Waals surface area contributed by atoms with Crippen LogP contribution in [0.3, 0.4) is 0 Å². The predicted molar refractivity (Wildman–Crippen MR) is 199 cm³/mol. The van der Waals surface area contributed by atoms with E-state index < -0.39 is 0 Å². The van der Waals surface area contributed by atoms with Gasteiger partial charge in [0.05, 0.1) is 40.3 Å². The molecular weight excluding hydrogens is 684 g/mol. The number of aliphatic hydroxyl groups is 1. The van der Waals surface area contributed by atoms with Crippen molar-refractivity contribution in [2.45, 2.75) is 181 Å². The van der Waals surface area contributed by atoms with Gasteiger partial charge in [0.1, 0.15) is 19.8 Å². The zero-order valence-corrected chi connectivity index (χ0v) is 34.2. The van der Waals surface area contributed by atoms with E-state index >= 15 is 0 Å². The zero-order valence-electron chi connectivity index (χ0n) is 32.6. The highest BCUT2D eigenvalue weighted by Crippen LogP contribution is 2.14. The summed E-state index contributed by atoms with van der Waals surface area (Å²) in [6.07, 6.45) is 29.1. The molecule has 0 fully saturated rings. The SMILES string of the molecule is CCCCCCCCCCCCCC(=O)OCCN(CCOC(=O)CCCCCCCCCCCCC)C(=O)CCC[N+](C)(C)CCO.[Br-]. The highest BCUT2D eigenvalue weighted by atomic mass is 79.9. The van der Waals surface area contributed by atoms with E-state index in [0.717, 1.165) is 45.1 Å². The summed E-state index contributed by atoms with van der Waals surface area (Å²) in [6.45, 7) is 6.94. The van der Waals surface area contributed by atoms with Gasteiger partial charge in [0.15, 0.2) is 0 Å². The molecule has 0 spiro atoms. The van der Waals surface area contributed by atoms with E-state index in [1.165, 1.54) is 103 Å². The quantitative estimate of drug-likeness (QED) is 0.0468. The summed E-state index contributed by atoms with van der Waals surface area (Å²) in [5.74, 6) is -0.443. The molecule has 0 heterocycles. The molecule has 0 atom stereocenters. The molecule has 1 N–H and O–H groups in total. The second-order valence-corrected chi connectivity index (χ2v) is 14.6. The molecule has 49 heavy (non-hydrogen) atoms. The van der Waals surface area contributed by atoms with Crippen LogP contribution in [0.4, 0.5) is 0 Å². The van der Waals surface area contributed by atoms with Gasteiger partial charge in [-0.1, -0.05) is 142 Å². The molecule has 0 aliphatic heterocycles. The Labute approximate surface area is 313 Å². The van der Waals surface area contributed by atoms with Crippen LogP contribution < -0.4 is 17.0 Å². The van der Waals surface area contributed by atoms with Gasteiger partial charge in [0, 0.05) is 25.7 Å². The second-order valence-electron chi connectivity index (χ2n) is 14.6. The molecule has 292 valence electrons. The highest BCUT2D eigenvalue weighted by Gasteiger charge is 2.19.